The van der Waals surface area contributed by atoms with Crippen LogP contribution in [0.25, 0.3) is 0 Å². The summed E-state index contributed by atoms with van der Waals surface area (Å²) < 4.78 is 12.3. The molecule has 1 aliphatic rings. The summed E-state index contributed by atoms with van der Waals surface area (Å²) in [6, 6.07) is 5.72. The molecule has 2 nitrogen and oxygen atoms in total. The first-order valence-corrected chi connectivity index (χ1v) is 8.70. The van der Waals surface area contributed by atoms with Gasteiger partial charge in [0.15, 0.2) is 0 Å². The second-order valence-electron chi connectivity index (χ2n) is 5.00. The Morgan fingerprint density at radius 2 is 2.16 bits per heavy atom. The number of rotatable bonds is 5. The van der Waals surface area contributed by atoms with Gasteiger partial charge in [-0.1, -0.05) is 29.6 Å². The van der Waals surface area contributed by atoms with Crippen LogP contribution in [0.5, 0.6) is 0 Å². The molecule has 0 amide bonds. The van der Waals surface area contributed by atoms with Crippen LogP contribution in [0.4, 0.5) is 0 Å². The van der Waals surface area contributed by atoms with Gasteiger partial charge < -0.3 is 5.32 Å². The van der Waals surface area contributed by atoms with Gasteiger partial charge in [-0.3, -0.25) is 4.21 Å². The summed E-state index contributed by atoms with van der Waals surface area (Å²) in [6.07, 6.45) is 4.69. The molecule has 1 fully saturated rings. The third-order valence-corrected chi connectivity index (χ3v) is 5.95. The van der Waals surface area contributed by atoms with Crippen molar-refractivity contribution in [3.8, 4) is 0 Å². The third-order valence-electron chi connectivity index (χ3n) is 3.84. The molecular weight excluding hydrogens is 301 g/mol. The molecule has 1 N–H and O–H groups in total. The number of hydrogen-bond donors (Lipinski definition) is 1. The van der Waals surface area contributed by atoms with E-state index in [9.17, 15) is 4.21 Å². The SMILES string of the molecule is CNC1CCCC1CCS(=O)c1cc(Cl)ccc1Cl. The van der Waals surface area contributed by atoms with Crippen molar-refractivity contribution in [3.05, 3.63) is 28.2 Å². The van der Waals surface area contributed by atoms with Gasteiger partial charge in [0.25, 0.3) is 0 Å². The Bertz CT molecular complexity index is 467. The van der Waals surface area contributed by atoms with Gasteiger partial charge in [0.05, 0.1) is 20.7 Å². The van der Waals surface area contributed by atoms with Crippen molar-refractivity contribution in [2.24, 2.45) is 5.92 Å². The quantitative estimate of drug-likeness (QED) is 0.892. The first kappa shape index (κ1) is 15.3. The van der Waals surface area contributed by atoms with Gasteiger partial charge in [-0.2, -0.15) is 0 Å². The molecule has 1 aromatic carbocycles. The van der Waals surface area contributed by atoms with E-state index in [-0.39, 0.29) is 0 Å². The fraction of sp³-hybridized carbons (Fsp3) is 0.571. The van der Waals surface area contributed by atoms with Crippen LogP contribution in [0.2, 0.25) is 10.0 Å². The Labute approximate surface area is 127 Å². The van der Waals surface area contributed by atoms with E-state index in [1.807, 2.05) is 7.05 Å². The molecule has 1 aromatic rings. The summed E-state index contributed by atoms with van der Waals surface area (Å²) in [5.74, 6) is 1.29. The molecule has 0 radical (unpaired) electrons. The van der Waals surface area contributed by atoms with Crippen LogP contribution in [0.15, 0.2) is 23.1 Å². The largest absolute Gasteiger partial charge is 0.317 e. The smallest absolute Gasteiger partial charge is 0.0589 e. The molecule has 1 saturated carbocycles. The number of nitrogens with one attached hydrogen (secondary N) is 1. The van der Waals surface area contributed by atoms with E-state index in [1.54, 1.807) is 18.2 Å². The van der Waals surface area contributed by atoms with E-state index in [2.05, 4.69) is 5.32 Å². The Morgan fingerprint density at radius 3 is 2.89 bits per heavy atom. The van der Waals surface area contributed by atoms with Crippen LogP contribution >= 0.6 is 23.2 Å². The topological polar surface area (TPSA) is 29.1 Å². The van der Waals surface area contributed by atoms with Crippen LogP contribution < -0.4 is 5.32 Å². The molecule has 2 rings (SSSR count). The maximum atomic E-state index is 12.3. The predicted molar refractivity (Wildman–Crippen MR) is 82.5 cm³/mol. The molecule has 0 heterocycles. The van der Waals surface area contributed by atoms with Crippen LogP contribution in [0, 0.1) is 5.92 Å². The predicted octanol–water partition coefficient (Wildman–Crippen LogP) is 3.88. The van der Waals surface area contributed by atoms with Gasteiger partial charge in [0.1, 0.15) is 0 Å². The zero-order chi connectivity index (χ0) is 13.8. The minimum Gasteiger partial charge on any atom is -0.317 e. The maximum Gasteiger partial charge on any atom is 0.0589 e. The van der Waals surface area contributed by atoms with Crippen molar-refractivity contribution >= 4 is 34.0 Å². The molecule has 0 aliphatic heterocycles. The Hall–Kier alpha value is -0.0900. The standard InChI is InChI=1S/C14H19Cl2NOS/c1-17-13-4-2-3-10(13)7-8-19(18)14-9-11(15)5-6-12(14)16/h5-6,9-10,13,17H,2-4,7-8H2,1H3. The third kappa shape index (κ3) is 3.94. The first-order valence-electron chi connectivity index (χ1n) is 6.62. The lowest BCUT2D eigenvalue weighted by atomic mass is 10.0. The lowest BCUT2D eigenvalue weighted by molar-refractivity contribution is 0.416. The minimum absolute atomic E-state index is 0.541. The van der Waals surface area contributed by atoms with Crippen LogP contribution in [0.1, 0.15) is 25.7 Å². The van der Waals surface area contributed by atoms with E-state index in [0.717, 1.165) is 6.42 Å². The minimum atomic E-state index is -1.06. The average Bonchev–Trinajstić information content (AvgIpc) is 2.86. The highest BCUT2D eigenvalue weighted by molar-refractivity contribution is 7.85. The molecule has 1 aliphatic carbocycles. The molecular formula is C14H19Cl2NOS. The number of halogens is 2. The molecule has 106 valence electrons. The van der Waals surface area contributed by atoms with Crippen molar-refractivity contribution < 1.29 is 4.21 Å². The first-order chi connectivity index (χ1) is 9.11. The fourth-order valence-corrected chi connectivity index (χ4v) is 4.68. The zero-order valence-corrected chi connectivity index (χ0v) is 13.3. The van der Waals surface area contributed by atoms with Crippen molar-refractivity contribution in [2.75, 3.05) is 12.8 Å². The highest BCUT2D eigenvalue weighted by Crippen LogP contribution is 2.30. The van der Waals surface area contributed by atoms with E-state index in [4.69, 9.17) is 23.2 Å². The van der Waals surface area contributed by atoms with Gasteiger partial charge in [0, 0.05) is 16.8 Å². The summed E-state index contributed by atoms with van der Waals surface area (Å²) in [7, 11) is 0.945. The van der Waals surface area contributed by atoms with Crippen LogP contribution in [-0.2, 0) is 10.8 Å². The Morgan fingerprint density at radius 1 is 1.37 bits per heavy atom. The van der Waals surface area contributed by atoms with Gasteiger partial charge in [-0.05, 0) is 50.4 Å². The summed E-state index contributed by atoms with van der Waals surface area (Å²) >= 11 is 12.0. The van der Waals surface area contributed by atoms with Gasteiger partial charge in [0.2, 0.25) is 0 Å². The number of hydrogen-bond acceptors (Lipinski definition) is 2. The highest BCUT2D eigenvalue weighted by atomic mass is 35.5. The van der Waals surface area contributed by atoms with Gasteiger partial charge >= 0.3 is 0 Å². The van der Waals surface area contributed by atoms with Crippen LogP contribution in [0.3, 0.4) is 0 Å². The summed E-state index contributed by atoms with van der Waals surface area (Å²) in [5, 5.41) is 4.48. The van der Waals surface area contributed by atoms with Gasteiger partial charge in [-0.25, -0.2) is 0 Å². The second kappa shape index (κ2) is 7.07. The van der Waals surface area contributed by atoms with Crippen molar-refractivity contribution in [3.63, 3.8) is 0 Å². The lowest BCUT2D eigenvalue weighted by Crippen LogP contribution is -2.29. The van der Waals surface area contributed by atoms with E-state index < -0.39 is 10.8 Å². The summed E-state index contributed by atoms with van der Waals surface area (Å²) in [5.41, 5.74) is 0. The van der Waals surface area contributed by atoms with Crippen molar-refractivity contribution in [2.45, 2.75) is 36.6 Å². The second-order valence-corrected chi connectivity index (χ2v) is 7.38. The monoisotopic (exact) mass is 319 g/mol. The van der Waals surface area contributed by atoms with E-state index in [1.165, 1.54) is 19.3 Å². The van der Waals surface area contributed by atoms with E-state index in [0.29, 0.717) is 32.7 Å². The van der Waals surface area contributed by atoms with E-state index >= 15 is 0 Å². The number of benzene rings is 1. The molecule has 0 spiro atoms. The Balaban J connectivity index is 1.96. The van der Waals surface area contributed by atoms with Crippen LogP contribution in [-0.4, -0.2) is 23.1 Å². The van der Waals surface area contributed by atoms with Crippen molar-refractivity contribution in [1.29, 1.82) is 0 Å². The molecule has 0 aromatic heterocycles. The van der Waals surface area contributed by atoms with Crippen molar-refractivity contribution in [1.82, 2.24) is 5.32 Å². The maximum absolute atomic E-state index is 12.3. The average molecular weight is 320 g/mol. The normalized spacial score (nSPS) is 24.6. The van der Waals surface area contributed by atoms with Gasteiger partial charge in [-0.15, -0.1) is 0 Å². The Kier molecular flexibility index (Phi) is 5.70. The molecule has 3 atom stereocenters. The highest BCUT2D eigenvalue weighted by Gasteiger charge is 2.26. The zero-order valence-electron chi connectivity index (χ0n) is 11.0. The fourth-order valence-electron chi connectivity index (χ4n) is 2.78. The summed E-state index contributed by atoms with van der Waals surface area (Å²) in [6.45, 7) is 0. The molecule has 3 unspecified atom stereocenters. The molecule has 0 saturated heterocycles. The molecule has 19 heavy (non-hydrogen) atoms. The lowest BCUT2D eigenvalue weighted by Gasteiger charge is -2.18. The summed E-state index contributed by atoms with van der Waals surface area (Å²) in [4.78, 5) is 0.660. The molecule has 0 bridgehead atoms. The molecule has 5 heteroatoms.